The van der Waals surface area contributed by atoms with Gasteiger partial charge in [0.1, 0.15) is 12.2 Å². The van der Waals surface area contributed by atoms with Gasteiger partial charge in [0.15, 0.2) is 0 Å². The molecule has 0 aromatic carbocycles. The highest BCUT2D eigenvalue weighted by Gasteiger charge is 2.31. The van der Waals surface area contributed by atoms with Crippen molar-refractivity contribution in [3.63, 3.8) is 0 Å². The summed E-state index contributed by atoms with van der Waals surface area (Å²) in [6.07, 6.45) is 7.07. The van der Waals surface area contributed by atoms with Gasteiger partial charge in [-0.25, -0.2) is 9.67 Å². The fourth-order valence-electron chi connectivity index (χ4n) is 3.03. The molecule has 0 radical (unpaired) electrons. The molecule has 1 N–H and O–H groups in total. The lowest BCUT2D eigenvalue weighted by atomic mass is 9.97. The first-order chi connectivity index (χ1) is 9.36. The van der Waals surface area contributed by atoms with Gasteiger partial charge in [0.05, 0.1) is 6.54 Å². The number of aryl methyl sites for hydroxylation is 1. The monoisotopic (exact) mass is 263 g/mol. The van der Waals surface area contributed by atoms with E-state index in [0.29, 0.717) is 0 Å². The average molecular weight is 263 g/mol. The molecule has 2 fully saturated rings. The third-order valence-electron chi connectivity index (χ3n) is 4.35. The Morgan fingerprint density at radius 3 is 2.79 bits per heavy atom. The molecule has 1 saturated heterocycles. The molecule has 5 nitrogen and oxygen atoms in total. The minimum Gasteiger partial charge on any atom is -0.317 e. The van der Waals surface area contributed by atoms with Crippen molar-refractivity contribution in [1.82, 2.24) is 25.0 Å². The molecule has 1 saturated carbocycles. The van der Waals surface area contributed by atoms with Gasteiger partial charge in [-0.15, -0.1) is 0 Å². The van der Waals surface area contributed by atoms with Gasteiger partial charge in [-0.1, -0.05) is 0 Å². The van der Waals surface area contributed by atoms with Crippen LogP contribution in [0.2, 0.25) is 0 Å². The number of rotatable bonds is 6. The zero-order chi connectivity index (χ0) is 13.1. The van der Waals surface area contributed by atoms with Crippen LogP contribution in [-0.4, -0.2) is 45.3 Å². The summed E-state index contributed by atoms with van der Waals surface area (Å²) in [6.45, 7) is 7.64. The zero-order valence-corrected chi connectivity index (χ0v) is 11.9. The lowest BCUT2D eigenvalue weighted by Crippen LogP contribution is -2.37. The SMILES string of the molecule is CCn1ncnc1CN(CC1CCNCC1)C1CC1. The van der Waals surface area contributed by atoms with Gasteiger partial charge in [-0.3, -0.25) is 4.90 Å². The number of hydrogen-bond donors (Lipinski definition) is 1. The Morgan fingerprint density at radius 1 is 1.32 bits per heavy atom. The van der Waals surface area contributed by atoms with E-state index in [0.717, 1.165) is 30.9 Å². The van der Waals surface area contributed by atoms with Crippen LogP contribution in [0.25, 0.3) is 0 Å². The van der Waals surface area contributed by atoms with Crippen LogP contribution in [0.3, 0.4) is 0 Å². The van der Waals surface area contributed by atoms with E-state index >= 15 is 0 Å². The molecule has 0 atom stereocenters. The lowest BCUT2D eigenvalue weighted by Gasteiger charge is -2.29. The lowest BCUT2D eigenvalue weighted by molar-refractivity contribution is 0.184. The maximum Gasteiger partial charge on any atom is 0.141 e. The Morgan fingerprint density at radius 2 is 2.11 bits per heavy atom. The second kappa shape index (κ2) is 6.01. The molecule has 0 amide bonds. The Kier molecular flexibility index (Phi) is 4.13. The van der Waals surface area contributed by atoms with Crippen LogP contribution < -0.4 is 5.32 Å². The molecule has 106 valence electrons. The van der Waals surface area contributed by atoms with Crippen molar-refractivity contribution in [3.8, 4) is 0 Å². The number of aromatic nitrogens is 3. The van der Waals surface area contributed by atoms with E-state index in [9.17, 15) is 0 Å². The predicted molar refractivity (Wildman–Crippen MR) is 74.7 cm³/mol. The molecule has 0 spiro atoms. The highest BCUT2D eigenvalue weighted by molar-refractivity contribution is 4.92. The van der Waals surface area contributed by atoms with Crippen LogP contribution in [0.1, 0.15) is 38.4 Å². The summed E-state index contributed by atoms with van der Waals surface area (Å²) < 4.78 is 2.03. The number of nitrogens with one attached hydrogen (secondary N) is 1. The molecule has 3 rings (SSSR count). The van der Waals surface area contributed by atoms with E-state index in [1.54, 1.807) is 6.33 Å². The van der Waals surface area contributed by atoms with Crippen molar-refractivity contribution < 1.29 is 0 Å². The summed E-state index contributed by atoms with van der Waals surface area (Å²) in [6, 6.07) is 0.803. The maximum atomic E-state index is 4.43. The first kappa shape index (κ1) is 13.1. The third kappa shape index (κ3) is 3.34. The Balaban J connectivity index is 1.60. The molecule has 19 heavy (non-hydrogen) atoms. The van der Waals surface area contributed by atoms with E-state index in [1.165, 1.54) is 45.3 Å². The van der Waals surface area contributed by atoms with Crippen molar-refractivity contribution in [3.05, 3.63) is 12.2 Å². The Labute approximate surface area is 115 Å². The van der Waals surface area contributed by atoms with E-state index in [1.807, 2.05) is 4.68 Å². The topological polar surface area (TPSA) is 46.0 Å². The minimum atomic E-state index is 0.803. The molecule has 1 aromatic heterocycles. The number of hydrogen-bond acceptors (Lipinski definition) is 4. The summed E-state index contributed by atoms with van der Waals surface area (Å²) >= 11 is 0. The summed E-state index contributed by atoms with van der Waals surface area (Å²) in [7, 11) is 0. The highest BCUT2D eigenvalue weighted by atomic mass is 15.3. The van der Waals surface area contributed by atoms with Gasteiger partial charge in [-0.2, -0.15) is 5.10 Å². The van der Waals surface area contributed by atoms with E-state index < -0.39 is 0 Å². The molecule has 0 bridgehead atoms. The number of piperidine rings is 1. The molecular formula is C14H25N5. The van der Waals surface area contributed by atoms with Crippen molar-refractivity contribution in [2.24, 2.45) is 5.92 Å². The summed E-state index contributed by atoms with van der Waals surface area (Å²) in [4.78, 5) is 7.07. The second-order valence-electron chi connectivity index (χ2n) is 5.85. The van der Waals surface area contributed by atoms with Gasteiger partial charge in [0.25, 0.3) is 0 Å². The fraction of sp³-hybridized carbons (Fsp3) is 0.857. The zero-order valence-electron chi connectivity index (χ0n) is 11.9. The van der Waals surface area contributed by atoms with Crippen molar-refractivity contribution in [2.45, 2.75) is 51.7 Å². The predicted octanol–water partition coefficient (Wildman–Crippen LogP) is 1.26. The van der Waals surface area contributed by atoms with Gasteiger partial charge in [0.2, 0.25) is 0 Å². The third-order valence-corrected chi connectivity index (χ3v) is 4.35. The number of nitrogens with zero attached hydrogens (tertiary/aromatic N) is 4. The first-order valence-corrected chi connectivity index (χ1v) is 7.68. The molecule has 2 aliphatic rings. The van der Waals surface area contributed by atoms with Crippen molar-refractivity contribution >= 4 is 0 Å². The van der Waals surface area contributed by atoms with Crippen LogP contribution in [0.5, 0.6) is 0 Å². The highest BCUT2D eigenvalue weighted by Crippen LogP contribution is 2.30. The van der Waals surface area contributed by atoms with E-state index in [-0.39, 0.29) is 0 Å². The maximum absolute atomic E-state index is 4.43. The quantitative estimate of drug-likeness (QED) is 0.839. The summed E-state index contributed by atoms with van der Waals surface area (Å²) in [5.41, 5.74) is 0. The molecule has 5 heteroatoms. The van der Waals surface area contributed by atoms with Crippen LogP contribution in [0.4, 0.5) is 0 Å². The van der Waals surface area contributed by atoms with Crippen LogP contribution in [-0.2, 0) is 13.1 Å². The van der Waals surface area contributed by atoms with Crippen LogP contribution >= 0.6 is 0 Å². The molecular weight excluding hydrogens is 238 g/mol. The van der Waals surface area contributed by atoms with Crippen molar-refractivity contribution in [1.29, 1.82) is 0 Å². The van der Waals surface area contributed by atoms with Gasteiger partial charge in [0, 0.05) is 19.1 Å². The Hall–Kier alpha value is -0.940. The smallest absolute Gasteiger partial charge is 0.141 e. The van der Waals surface area contributed by atoms with Crippen LogP contribution in [0.15, 0.2) is 6.33 Å². The van der Waals surface area contributed by atoms with Gasteiger partial charge in [-0.05, 0) is 51.6 Å². The fourth-order valence-corrected chi connectivity index (χ4v) is 3.03. The standard InChI is InChI=1S/C14H25N5/c1-2-19-14(16-11-17-19)10-18(13-3-4-13)9-12-5-7-15-8-6-12/h11-13,15H,2-10H2,1H3. The summed E-state index contributed by atoms with van der Waals surface area (Å²) in [5.74, 6) is 1.99. The minimum absolute atomic E-state index is 0.803. The Bertz CT molecular complexity index is 392. The van der Waals surface area contributed by atoms with Gasteiger partial charge >= 0.3 is 0 Å². The second-order valence-corrected chi connectivity index (χ2v) is 5.85. The molecule has 1 aliphatic heterocycles. The van der Waals surface area contributed by atoms with Gasteiger partial charge < -0.3 is 5.32 Å². The van der Waals surface area contributed by atoms with Crippen LogP contribution in [0, 0.1) is 5.92 Å². The molecule has 1 aromatic rings. The van der Waals surface area contributed by atoms with Crippen molar-refractivity contribution in [2.75, 3.05) is 19.6 Å². The molecule has 1 aliphatic carbocycles. The average Bonchev–Trinajstić information content (AvgIpc) is 3.20. The molecule has 0 unspecified atom stereocenters. The van der Waals surface area contributed by atoms with E-state index in [4.69, 9.17) is 0 Å². The summed E-state index contributed by atoms with van der Waals surface area (Å²) in [5, 5.41) is 7.73. The normalized spacial score (nSPS) is 21.2. The largest absolute Gasteiger partial charge is 0.317 e. The molecule has 2 heterocycles. The first-order valence-electron chi connectivity index (χ1n) is 7.68. The van der Waals surface area contributed by atoms with E-state index in [2.05, 4.69) is 27.2 Å².